The van der Waals surface area contributed by atoms with Crippen LogP contribution in [-0.4, -0.2) is 0 Å². The Balaban J connectivity index is 2.07. The second-order valence-electron chi connectivity index (χ2n) is 5.10. The van der Waals surface area contributed by atoms with Gasteiger partial charge < -0.3 is 5.32 Å². The summed E-state index contributed by atoms with van der Waals surface area (Å²) in [7, 11) is 0. The molecule has 1 N–H and O–H groups in total. The molecule has 0 saturated heterocycles. The summed E-state index contributed by atoms with van der Waals surface area (Å²) < 4.78 is 1.13. The van der Waals surface area contributed by atoms with E-state index in [1.807, 2.05) is 0 Å². The maximum atomic E-state index is 3.62. The summed E-state index contributed by atoms with van der Waals surface area (Å²) in [6.45, 7) is 4.43. The first-order valence-corrected chi connectivity index (χ1v) is 8.13. The number of halogens is 1. The summed E-state index contributed by atoms with van der Waals surface area (Å²) >= 11 is 3.49. The summed E-state index contributed by atoms with van der Waals surface area (Å²) in [5.74, 6) is 0. The highest BCUT2D eigenvalue weighted by Gasteiger charge is 2.08. The molecule has 0 saturated carbocycles. The standard InChI is InChI=1S/C18H22BrN/c1-3-5-14-6-12-17(13-7-14)20-18(4-2)15-8-10-16(19)11-9-15/h6-13,18,20H,3-5H2,1-2H3. The number of anilines is 1. The molecule has 1 unspecified atom stereocenters. The van der Waals surface area contributed by atoms with Crippen molar-refractivity contribution in [3.05, 3.63) is 64.1 Å². The highest BCUT2D eigenvalue weighted by molar-refractivity contribution is 9.10. The minimum absolute atomic E-state index is 0.361. The molecule has 0 bridgehead atoms. The van der Waals surface area contributed by atoms with Gasteiger partial charge in [-0.25, -0.2) is 0 Å². The van der Waals surface area contributed by atoms with E-state index in [4.69, 9.17) is 0 Å². The maximum Gasteiger partial charge on any atom is 0.0511 e. The van der Waals surface area contributed by atoms with Crippen LogP contribution < -0.4 is 5.32 Å². The van der Waals surface area contributed by atoms with Gasteiger partial charge in [-0.05, 0) is 48.2 Å². The molecule has 2 aromatic carbocycles. The van der Waals surface area contributed by atoms with Crippen molar-refractivity contribution in [1.29, 1.82) is 0 Å². The molecule has 0 radical (unpaired) electrons. The Labute approximate surface area is 130 Å². The number of aryl methyl sites for hydroxylation is 1. The predicted molar refractivity (Wildman–Crippen MR) is 91.2 cm³/mol. The molecule has 0 aliphatic carbocycles. The zero-order valence-electron chi connectivity index (χ0n) is 12.2. The van der Waals surface area contributed by atoms with E-state index in [-0.39, 0.29) is 0 Å². The highest BCUT2D eigenvalue weighted by atomic mass is 79.9. The van der Waals surface area contributed by atoms with E-state index in [2.05, 4.69) is 83.6 Å². The highest BCUT2D eigenvalue weighted by Crippen LogP contribution is 2.24. The molecule has 2 heteroatoms. The molecule has 2 aromatic rings. The zero-order chi connectivity index (χ0) is 14.4. The van der Waals surface area contributed by atoms with Crippen LogP contribution in [0.1, 0.15) is 43.9 Å². The van der Waals surface area contributed by atoms with Crippen LogP contribution in [0.15, 0.2) is 53.0 Å². The average Bonchev–Trinajstić information content (AvgIpc) is 2.48. The lowest BCUT2D eigenvalue weighted by Crippen LogP contribution is -2.09. The van der Waals surface area contributed by atoms with Gasteiger partial charge in [-0.15, -0.1) is 0 Å². The normalized spacial score (nSPS) is 12.2. The molecule has 0 aliphatic rings. The van der Waals surface area contributed by atoms with Crippen LogP contribution in [0.3, 0.4) is 0 Å². The van der Waals surface area contributed by atoms with Gasteiger partial charge in [-0.1, -0.05) is 60.5 Å². The Kier molecular flexibility index (Phi) is 5.66. The van der Waals surface area contributed by atoms with Crippen LogP contribution >= 0.6 is 15.9 Å². The summed E-state index contributed by atoms with van der Waals surface area (Å²) in [5, 5.41) is 3.62. The van der Waals surface area contributed by atoms with E-state index in [9.17, 15) is 0 Å². The van der Waals surface area contributed by atoms with Crippen molar-refractivity contribution in [2.75, 3.05) is 5.32 Å². The summed E-state index contributed by atoms with van der Waals surface area (Å²) in [5.41, 5.74) is 3.93. The van der Waals surface area contributed by atoms with E-state index < -0.39 is 0 Å². The number of nitrogens with one attached hydrogen (secondary N) is 1. The molecule has 2 rings (SSSR count). The first-order chi connectivity index (χ1) is 9.72. The SMILES string of the molecule is CCCc1ccc(NC(CC)c2ccc(Br)cc2)cc1. The minimum Gasteiger partial charge on any atom is -0.378 e. The maximum absolute atomic E-state index is 3.62. The van der Waals surface area contributed by atoms with Crippen LogP contribution in [0.4, 0.5) is 5.69 Å². The van der Waals surface area contributed by atoms with Gasteiger partial charge in [0.25, 0.3) is 0 Å². The molecular weight excluding hydrogens is 310 g/mol. The largest absolute Gasteiger partial charge is 0.378 e. The van der Waals surface area contributed by atoms with Gasteiger partial charge in [0, 0.05) is 10.2 Å². The lowest BCUT2D eigenvalue weighted by molar-refractivity contribution is 0.749. The number of hydrogen-bond donors (Lipinski definition) is 1. The smallest absolute Gasteiger partial charge is 0.0511 e. The van der Waals surface area contributed by atoms with E-state index >= 15 is 0 Å². The second-order valence-corrected chi connectivity index (χ2v) is 6.02. The van der Waals surface area contributed by atoms with Gasteiger partial charge in [-0.3, -0.25) is 0 Å². The molecule has 1 atom stereocenters. The lowest BCUT2D eigenvalue weighted by atomic mass is 10.0. The summed E-state index contributed by atoms with van der Waals surface area (Å²) in [6.07, 6.45) is 3.42. The Bertz CT molecular complexity index is 516. The summed E-state index contributed by atoms with van der Waals surface area (Å²) in [6, 6.07) is 17.7. The molecule has 0 aromatic heterocycles. The molecule has 0 heterocycles. The van der Waals surface area contributed by atoms with Gasteiger partial charge in [0.05, 0.1) is 6.04 Å². The van der Waals surface area contributed by atoms with Crippen molar-refractivity contribution in [2.45, 2.75) is 39.2 Å². The quantitative estimate of drug-likeness (QED) is 0.688. The molecule has 20 heavy (non-hydrogen) atoms. The third-order valence-electron chi connectivity index (χ3n) is 3.51. The summed E-state index contributed by atoms with van der Waals surface area (Å²) in [4.78, 5) is 0. The first kappa shape index (κ1) is 15.1. The number of hydrogen-bond acceptors (Lipinski definition) is 1. The fourth-order valence-electron chi connectivity index (χ4n) is 2.37. The van der Waals surface area contributed by atoms with Crippen LogP contribution in [0.25, 0.3) is 0 Å². The fraction of sp³-hybridized carbons (Fsp3) is 0.333. The molecular formula is C18H22BrN. The zero-order valence-corrected chi connectivity index (χ0v) is 13.8. The third kappa shape index (κ3) is 4.11. The average molecular weight is 332 g/mol. The van der Waals surface area contributed by atoms with Crippen molar-refractivity contribution < 1.29 is 0 Å². The fourth-order valence-corrected chi connectivity index (χ4v) is 2.64. The van der Waals surface area contributed by atoms with Crippen LogP contribution in [-0.2, 0) is 6.42 Å². The Morgan fingerprint density at radius 1 is 0.950 bits per heavy atom. The minimum atomic E-state index is 0.361. The monoisotopic (exact) mass is 331 g/mol. The molecule has 0 amide bonds. The molecule has 106 valence electrons. The van der Waals surface area contributed by atoms with Crippen molar-refractivity contribution in [2.24, 2.45) is 0 Å². The van der Waals surface area contributed by atoms with Crippen molar-refractivity contribution in [3.63, 3.8) is 0 Å². The Morgan fingerprint density at radius 3 is 2.15 bits per heavy atom. The van der Waals surface area contributed by atoms with Gasteiger partial charge >= 0.3 is 0 Å². The van der Waals surface area contributed by atoms with Crippen molar-refractivity contribution in [1.82, 2.24) is 0 Å². The van der Waals surface area contributed by atoms with E-state index in [1.54, 1.807) is 0 Å². The van der Waals surface area contributed by atoms with Crippen LogP contribution in [0.2, 0.25) is 0 Å². The van der Waals surface area contributed by atoms with Crippen LogP contribution in [0.5, 0.6) is 0 Å². The number of rotatable bonds is 6. The van der Waals surface area contributed by atoms with E-state index in [1.165, 1.54) is 23.2 Å². The molecule has 0 fully saturated rings. The molecule has 0 spiro atoms. The Hall–Kier alpha value is -1.28. The number of benzene rings is 2. The predicted octanol–water partition coefficient (Wildman–Crippen LogP) is 5.96. The topological polar surface area (TPSA) is 12.0 Å². The van der Waals surface area contributed by atoms with Gasteiger partial charge in [0.15, 0.2) is 0 Å². The van der Waals surface area contributed by atoms with Gasteiger partial charge in [-0.2, -0.15) is 0 Å². The van der Waals surface area contributed by atoms with Crippen LogP contribution in [0, 0.1) is 0 Å². The van der Waals surface area contributed by atoms with Crippen molar-refractivity contribution >= 4 is 21.6 Å². The lowest BCUT2D eigenvalue weighted by Gasteiger charge is -2.19. The Morgan fingerprint density at radius 2 is 1.60 bits per heavy atom. The second kappa shape index (κ2) is 7.49. The van der Waals surface area contributed by atoms with Crippen molar-refractivity contribution in [3.8, 4) is 0 Å². The van der Waals surface area contributed by atoms with E-state index in [0.29, 0.717) is 6.04 Å². The molecule has 0 aliphatic heterocycles. The first-order valence-electron chi connectivity index (χ1n) is 7.34. The third-order valence-corrected chi connectivity index (χ3v) is 4.04. The molecule has 1 nitrogen and oxygen atoms in total. The van der Waals surface area contributed by atoms with Gasteiger partial charge in [0.1, 0.15) is 0 Å². The van der Waals surface area contributed by atoms with E-state index in [0.717, 1.165) is 17.3 Å². The van der Waals surface area contributed by atoms with Gasteiger partial charge in [0.2, 0.25) is 0 Å².